The van der Waals surface area contributed by atoms with Gasteiger partial charge in [-0.05, 0) is 24.1 Å². The zero-order valence-electron chi connectivity index (χ0n) is 13.2. The first kappa shape index (κ1) is 17.4. The Morgan fingerprint density at radius 3 is 2.78 bits per heavy atom. The minimum absolute atomic E-state index is 0.0396. The van der Waals surface area contributed by atoms with Crippen molar-refractivity contribution in [2.75, 3.05) is 20.3 Å². The van der Waals surface area contributed by atoms with Crippen LogP contribution >= 0.6 is 11.6 Å². The van der Waals surface area contributed by atoms with Crippen LogP contribution in [0.25, 0.3) is 0 Å². The SMILES string of the molecule is CCCOc1c(Cl)cc(CN2CC(C(=O)O)CC2=O)cc1OC. The third-order valence-electron chi connectivity index (χ3n) is 3.68. The van der Waals surface area contributed by atoms with Gasteiger partial charge in [-0.3, -0.25) is 9.59 Å². The summed E-state index contributed by atoms with van der Waals surface area (Å²) in [5.74, 6) is -0.774. The van der Waals surface area contributed by atoms with Crippen LogP contribution in [-0.4, -0.2) is 42.1 Å². The summed E-state index contributed by atoms with van der Waals surface area (Å²) in [6, 6.07) is 3.48. The third-order valence-corrected chi connectivity index (χ3v) is 3.96. The van der Waals surface area contributed by atoms with Crippen LogP contribution in [0.3, 0.4) is 0 Å². The van der Waals surface area contributed by atoms with Gasteiger partial charge in [0.15, 0.2) is 11.5 Å². The van der Waals surface area contributed by atoms with E-state index in [9.17, 15) is 9.59 Å². The molecule has 0 bridgehead atoms. The van der Waals surface area contributed by atoms with Crippen molar-refractivity contribution in [3.05, 3.63) is 22.7 Å². The summed E-state index contributed by atoms with van der Waals surface area (Å²) in [6.45, 7) is 3.03. The Labute approximate surface area is 139 Å². The molecule has 0 spiro atoms. The number of carbonyl (C=O) groups is 2. The van der Waals surface area contributed by atoms with Crippen LogP contribution in [0.5, 0.6) is 11.5 Å². The highest BCUT2D eigenvalue weighted by Crippen LogP contribution is 2.37. The van der Waals surface area contributed by atoms with E-state index in [0.717, 1.165) is 12.0 Å². The van der Waals surface area contributed by atoms with Crippen molar-refractivity contribution in [2.24, 2.45) is 5.92 Å². The normalized spacial score (nSPS) is 17.4. The molecule has 6 nitrogen and oxygen atoms in total. The molecular weight excluding hydrogens is 322 g/mol. The molecule has 1 amide bonds. The second-order valence-electron chi connectivity index (χ2n) is 5.47. The smallest absolute Gasteiger partial charge is 0.308 e. The predicted octanol–water partition coefficient (Wildman–Crippen LogP) is 2.57. The standard InChI is InChI=1S/C16H20ClNO5/c1-3-4-23-15-12(17)5-10(6-13(15)22-2)8-18-9-11(16(20)21)7-14(18)19/h5-6,11H,3-4,7-9H2,1-2H3,(H,20,21). The van der Waals surface area contributed by atoms with E-state index in [1.165, 1.54) is 12.0 Å². The molecule has 1 atom stereocenters. The fraction of sp³-hybridized carbons (Fsp3) is 0.500. The molecule has 7 heteroatoms. The average Bonchev–Trinajstić information content (AvgIpc) is 2.87. The number of amides is 1. The van der Waals surface area contributed by atoms with Gasteiger partial charge in [0.25, 0.3) is 0 Å². The number of aliphatic carboxylic acids is 1. The fourth-order valence-corrected chi connectivity index (χ4v) is 2.81. The van der Waals surface area contributed by atoms with Crippen molar-refractivity contribution in [3.8, 4) is 11.5 Å². The van der Waals surface area contributed by atoms with E-state index in [4.69, 9.17) is 26.2 Å². The maximum Gasteiger partial charge on any atom is 0.308 e. The van der Waals surface area contributed by atoms with E-state index < -0.39 is 11.9 Å². The van der Waals surface area contributed by atoms with Gasteiger partial charge in [0.05, 0.1) is 24.7 Å². The first-order chi connectivity index (χ1) is 11.0. The second-order valence-corrected chi connectivity index (χ2v) is 5.88. The van der Waals surface area contributed by atoms with Crippen molar-refractivity contribution in [1.82, 2.24) is 4.90 Å². The lowest BCUT2D eigenvalue weighted by Crippen LogP contribution is -2.25. The van der Waals surface area contributed by atoms with Crippen molar-refractivity contribution in [1.29, 1.82) is 0 Å². The Bertz CT molecular complexity index is 604. The summed E-state index contributed by atoms with van der Waals surface area (Å²) in [5, 5.41) is 9.43. The van der Waals surface area contributed by atoms with Gasteiger partial charge in [0.2, 0.25) is 5.91 Å². The zero-order valence-corrected chi connectivity index (χ0v) is 13.9. The molecule has 1 heterocycles. The molecule has 1 saturated heterocycles. The maximum atomic E-state index is 11.9. The minimum Gasteiger partial charge on any atom is -0.493 e. The van der Waals surface area contributed by atoms with E-state index in [1.54, 1.807) is 12.1 Å². The molecule has 126 valence electrons. The van der Waals surface area contributed by atoms with E-state index in [1.807, 2.05) is 6.92 Å². The minimum atomic E-state index is -0.945. The van der Waals surface area contributed by atoms with Crippen molar-refractivity contribution < 1.29 is 24.2 Å². The summed E-state index contributed by atoms with van der Waals surface area (Å²) in [4.78, 5) is 24.4. The molecule has 1 aromatic carbocycles. The quantitative estimate of drug-likeness (QED) is 0.824. The lowest BCUT2D eigenvalue weighted by molar-refractivity contribution is -0.141. The zero-order chi connectivity index (χ0) is 17.0. The summed E-state index contributed by atoms with van der Waals surface area (Å²) < 4.78 is 10.9. The monoisotopic (exact) mass is 341 g/mol. The predicted molar refractivity (Wildman–Crippen MR) is 84.9 cm³/mol. The number of nitrogens with zero attached hydrogens (tertiary/aromatic N) is 1. The van der Waals surface area contributed by atoms with E-state index in [2.05, 4.69) is 0 Å². The van der Waals surface area contributed by atoms with Crippen LogP contribution in [0.1, 0.15) is 25.3 Å². The average molecular weight is 342 g/mol. The van der Waals surface area contributed by atoms with Gasteiger partial charge in [-0.25, -0.2) is 0 Å². The molecule has 1 unspecified atom stereocenters. The Morgan fingerprint density at radius 2 is 2.22 bits per heavy atom. The number of benzene rings is 1. The number of carboxylic acid groups (broad SMARTS) is 1. The highest BCUT2D eigenvalue weighted by Gasteiger charge is 2.34. The van der Waals surface area contributed by atoms with Crippen LogP contribution < -0.4 is 9.47 Å². The number of halogens is 1. The molecule has 1 aromatic rings. The number of hydrogen-bond acceptors (Lipinski definition) is 4. The number of carbonyl (C=O) groups excluding carboxylic acids is 1. The maximum absolute atomic E-state index is 11.9. The third kappa shape index (κ3) is 4.07. The highest BCUT2D eigenvalue weighted by molar-refractivity contribution is 6.32. The lowest BCUT2D eigenvalue weighted by atomic mass is 10.1. The number of likely N-dealkylation sites (tertiary alicyclic amines) is 1. The first-order valence-electron chi connectivity index (χ1n) is 7.46. The molecule has 2 rings (SSSR count). The van der Waals surface area contributed by atoms with Crippen LogP contribution in [0.4, 0.5) is 0 Å². The number of hydrogen-bond donors (Lipinski definition) is 1. The Hall–Kier alpha value is -1.95. The molecular formula is C16H20ClNO5. The van der Waals surface area contributed by atoms with Gasteiger partial charge in [0.1, 0.15) is 0 Å². The number of ether oxygens (including phenoxy) is 2. The fourth-order valence-electron chi connectivity index (χ4n) is 2.52. The van der Waals surface area contributed by atoms with Crippen molar-refractivity contribution >= 4 is 23.5 Å². The molecule has 1 aliphatic rings. The number of methoxy groups -OCH3 is 1. The summed E-state index contributed by atoms with van der Waals surface area (Å²) in [6.07, 6.45) is 0.887. The van der Waals surface area contributed by atoms with Crippen LogP contribution in [0.2, 0.25) is 5.02 Å². The second kappa shape index (κ2) is 7.55. The van der Waals surface area contributed by atoms with Crippen molar-refractivity contribution in [2.45, 2.75) is 26.3 Å². The summed E-state index contributed by atoms with van der Waals surface area (Å²) in [7, 11) is 1.52. The molecule has 0 saturated carbocycles. The Balaban J connectivity index is 2.16. The molecule has 1 aliphatic heterocycles. The van der Waals surface area contributed by atoms with Gasteiger partial charge in [-0.15, -0.1) is 0 Å². The molecule has 1 fully saturated rings. The number of rotatable bonds is 7. The number of carboxylic acids is 1. The van der Waals surface area contributed by atoms with Gasteiger partial charge in [-0.2, -0.15) is 0 Å². The van der Waals surface area contributed by atoms with Crippen molar-refractivity contribution in [3.63, 3.8) is 0 Å². The molecule has 0 radical (unpaired) electrons. The van der Waals surface area contributed by atoms with Crippen LogP contribution in [0.15, 0.2) is 12.1 Å². The van der Waals surface area contributed by atoms with E-state index >= 15 is 0 Å². The van der Waals surface area contributed by atoms with Crippen LogP contribution in [-0.2, 0) is 16.1 Å². The molecule has 0 aliphatic carbocycles. The molecule has 0 aromatic heterocycles. The van der Waals surface area contributed by atoms with E-state index in [0.29, 0.717) is 29.7 Å². The van der Waals surface area contributed by atoms with Gasteiger partial charge >= 0.3 is 5.97 Å². The summed E-state index contributed by atoms with van der Waals surface area (Å²) in [5.41, 5.74) is 0.773. The highest BCUT2D eigenvalue weighted by atomic mass is 35.5. The molecule has 1 N–H and O–H groups in total. The topological polar surface area (TPSA) is 76.1 Å². The van der Waals surface area contributed by atoms with Gasteiger partial charge in [0, 0.05) is 19.5 Å². The van der Waals surface area contributed by atoms with Gasteiger partial charge < -0.3 is 19.5 Å². The Morgan fingerprint density at radius 1 is 1.48 bits per heavy atom. The summed E-state index contributed by atoms with van der Waals surface area (Å²) >= 11 is 6.25. The van der Waals surface area contributed by atoms with Gasteiger partial charge in [-0.1, -0.05) is 18.5 Å². The van der Waals surface area contributed by atoms with E-state index in [-0.39, 0.29) is 18.9 Å². The van der Waals surface area contributed by atoms with Crippen LogP contribution in [0, 0.1) is 5.92 Å². The lowest BCUT2D eigenvalue weighted by Gasteiger charge is -2.18. The Kier molecular flexibility index (Phi) is 5.71. The first-order valence-corrected chi connectivity index (χ1v) is 7.83. The molecule has 23 heavy (non-hydrogen) atoms. The largest absolute Gasteiger partial charge is 0.493 e.